The van der Waals surface area contributed by atoms with Gasteiger partial charge in [0.2, 0.25) is 0 Å². The summed E-state index contributed by atoms with van der Waals surface area (Å²) in [7, 11) is 1.41. The number of ether oxygens (including phenoxy) is 1. The smallest absolute Gasteiger partial charge is 0.335 e. The molecular formula is C15H17NO2. The molecule has 18 heavy (non-hydrogen) atoms. The molecule has 0 aromatic heterocycles. The molecule has 0 spiro atoms. The van der Waals surface area contributed by atoms with Gasteiger partial charge in [0, 0.05) is 12.2 Å². The number of carbonyl (C=O) groups is 1. The minimum Gasteiger partial charge on any atom is -0.466 e. The van der Waals surface area contributed by atoms with Crippen LogP contribution in [0.5, 0.6) is 0 Å². The van der Waals surface area contributed by atoms with Gasteiger partial charge in [0.1, 0.15) is 0 Å². The van der Waals surface area contributed by atoms with E-state index in [-0.39, 0.29) is 5.97 Å². The second kappa shape index (κ2) is 5.54. The first-order valence-electron chi connectivity index (χ1n) is 5.95. The van der Waals surface area contributed by atoms with Crippen molar-refractivity contribution >= 4 is 5.97 Å². The van der Waals surface area contributed by atoms with Crippen LogP contribution in [-0.2, 0) is 16.1 Å². The molecule has 2 rings (SSSR count). The van der Waals surface area contributed by atoms with Gasteiger partial charge in [-0.05, 0) is 24.6 Å². The van der Waals surface area contributed by atoms with Crippen LogP contribution in [0.4, 0.5) is 0 Å². The molecule has 1 aromatic carbocycles. The van der Waals surface area contributed by atoms with Gasteiger partial charge in [0.05, 0.1) is 19.2 Å². The summed E-state index contributed by atoms with van der Waals surface area (Å²) < 4.78 is 4.76. The van der Waals surface area contributed by atoms with Gasteiger partial charge in [-0.1, -0.05) is 30.3 Å². The van der Waals surface area contributed by atoms with Crippen LogP contribution in [0.3, 0.4) is 0 Å². The molecule has 1 heterocycles. The number of benzene rings is 1. The summed E-state index contributed by atoms with van der Waals surface area (Å²) in [5, 5.41) is 0. The third-order valence-corrected chi connectivity index (χ3v) is 3.05. The Labute approximate surface area is 107 Å². The lowest BCUT2D eigenvalue weighted by atomic mass is 10.1. The fourth-order valence-electron chi connectivity index (χ4n) is 1.96. The van der Waals surface area contributed by atoms with Crippen LogP contribution in [0, 0.1) is 0 Å². The number of hydrogen-bond donors (Lipinski definition) is 0. The molecule has 0 saturated heterocycles. The van der Waals surface area contributed by atoms with Crippen molar-refractivity contribution in [3.63, 3.8) is 0 Å². The number of esters is 1. The second-order valence-electron chi connectivity index (χ2n) is 4.33. The van der Waals surface area contributed by atoms with Crippen molar-refractivity contribution in [2.24, 2.45) is 0 Å². The number of rotatable bonds is 3. The topological polar surface area (TPSA) is 29.5 Å². The van der Waals surface area contributed by atoms with Crippen molar-refractivity contribution in [3.8, 4) is 0 Å². The van der Waals surface area contributed by atoms with Crippen molar-refractivity contribution in [1.29, 1.82) is 0 Å². The summed E-state index contributed by atoms with van der Waals surface area (Å²) in [5.41, 5.74) is 3.09. The van der Waals surface area contributed by atoms with Crippen LogP contribution in [0.15, 0.2) is 53.8 Å². The Balaban J connectivity index is 2.10. The summed E-state index contributed by atoms with van der Waals surface area (Å²) in [5.74, 6) is -0.253. The van der Waals surface area contributed by atoms with E-state index in [1.165, 1.54) is 12.7 Å². The van der Waals surface area contributed by atoms with E-state index in [0.29, 0.717) is 12.1 Å². The third kappa shape index (κ3) is 2.80. The van der Waals surface area contributed by atoms with Gasteiger partial charge >= 0.3 is 5.97 Å². The number of hydrogen-bond acceptors (Lipinski definition) is 3. The maximum atomic E-state index is 11.5. The zero-order chi connectivity index (χ0) is 13.0. The molecule has 1 aromatic rings. The van der Waals surface area contributed by atoms with Crippen molar-refractivity contribution in [2.75, 3.05) is 13.7 Å². The fraction of sp³-hybridized carbons (Fsp3) is 0.267. The molecule has 3 heteroatoms. The average molecular weight is 243 g/mol. The maximum absolute atomic E-state index is 11.5. The van der Waals surface area contributed by atoms with Gasteiger partial charge in [-0.2, -0.15) is 0 Å². The minimum absolute atomic E-state index is 0.253. The van der Waals surface area contributed by atoms with Crippen LogP contribution < -0.4 is 0 Å². The molecule has 0 amide bonds. The van der Waals surface area contributed by atoms with Gasteiger partial charge in [-0.3, -0.25) is 0 Å². The lowest BCUT2D eigenvalue weighted by molar-refractivity contribution is -0.136. The quantitative estimate of drug-likeness (QED) is 0.764. The molecule has 3 nitrogen and oxygen atoms in total. The predicted octanol–water partition coefficient (Wildman–Crippen LogP) is 2.51. The molecule has 0 N–H and O–H groups in total. The highest BCUT2D eigenvalue weighted by molar-refractivity contribution is 5.89. The van der Waals surface area contributed by atoms with E-state index < -0.39 is 0 Å². The fourth-order valence-corrected chi connectivity index (χ4v) is 1.96. The Morgan fingerprint density at radius 1 is 1.28 bits per heavy atom. The summed E-state index contributed by atoms with van der Waals surface area (Å²) >= 11 is 0. The van der Waals surface area contributed by atoms with E-state index in [1.807, 2.05) is 37.3 Å². The SMILES string of the molecule is COC(=O)C1=CC=C(C)N(Cc2ccccc2)C1. The van der Waals surface area contributed by atoms with E-state index in [4.69, 9.17) is 4.74 Å². The van der Waals surface area contributed by atoms with Crippen LogP contribution >= 0.6 is 0 Å². The first-order valence-corrected chi connectivity index (χ1v) is 5.95. The van der Waals surface area contributed by atoms with Crippen LogP contribution in [0.2, 0.25) is 0 Å². The Bertz CT molecular complexity index is 488. The summed E-state index contributed by atoms with van der Waals surface area (Å²) in [6.07, 6.45) is 3.79. The zero-order valence-corrected chi connectivity index (χ0v) is 10.7. The van der Waals surface area contributed by atoms with Gasteiger partial charge in [-0.15, -0.1) is 0 Å². The van der Waals surface area contributed by atoms with Gasteiger partial charge in [0.15, 0.2) is 0 Å². The summed E-state index contributed by atoms with van der Waals surface area (Å²) in [6.45, 7) is 3.45. The zero-order valence-electron chi connectivity index (χ0n) is 10.7. The summed E-state index contributed by atoms with van der Waals surface area (Å²) in [4.78, 5) is 13.7. The second-order valence-corrected chi connectivity index (χ2v) is 4.33. The van der Waals surface area contributed by atoms with Crippen LogP contribution in [-0.4, -0.2) is 24.5 Å². The maximum Gasteiger partial charge on any atom is 0.335 e. The minimum atomic E-state index is -0.253. The number of allylic oxidation sites excluding steroid dienone is 3. The Kier molecular flexibility index (Phi) is 3.82. The van der Waals surface area contributed by atoms with Crippen molar-refractivity contribution in [3.05, 3.63) is 59.3 Å². The van der Waals surface area contributed by atoms with E-state index in [1.54, 1.807) is 0 Å². The molecular weight excluding hydrogens is 226 g/mol. The number of nitrogens with zero attached hydrogens (tertiary/aromatic N) is 1. The Hall–Kier alpha value is -2.03. The molecule has 0 aliphatic carbocycles. The standard InChI is InChI=1S/C15H17NO2/c1-12-8-9-14(15(17)18-2)11-16(12)10-13-6-4-3-5-7-13/h3-9H,10-11H2,1-2H3. The highest BCUT2D eigenvalue weighted by Crippen LogP contribution is 2.18. The van der Waals surface area contributed by atoms with E-state index in [9.17, 15) is 4.79 Å². The average Bonchev–Trinajstić information content (AvgIpc) is 2.41. The number of methoxy groups -OCH3 is 1. The molecule has 0 bridgehead atoms. The first-order chi connectivity index (χ1) is 8.70. The van der Waals surface area contributed by atoms with E-state index in [2.05, 4.69) is 17.0 Å². The Morgan fingerprint density at radius 2 is 2.00 bits per heavy atom. The van der Waals surface area contributed by atoms with Gasteiger partial charge in [0.25, 0.3) is 0 Å². The van der Waals surface area contributed by atoms with E-state index in [0.717, 1.165) is 12.2 Å². The predicted molar refractivity (Wildman–Crippen MR) is 70.7 cm³/mol. The van der Waals surface area contributed by atoms with E-state index >= 15 is 0 Å². The molecule has 1 aliphatic rings. The molecule has 94 valence electrons. The molecule has 0 unspecified atom stereocenters. The van der Waals surface area contributed by atoms with Crippen molar-refractivity contribution in [2.45, 2.75) is 13.5 Å². The molecule has 0 radical (unpaired) electrons. The van der Waals surface area contributed by atoms with Crippen molar-refractivity contribution < 1.29 is 9.53 Å². The highest BCUT2D eigenvalue weighted by atomic mass is 16.5. The lowest BCUT2D eigenvalue weighted by Gasteiger charge is -2.28. The van der Waals surface area contributed by atoms with Crippen LogP contribution in [0.1, 0.15) is 12.5 Å². The largest absolute Gasteiger partial charge is 0.466 e. The first kappa shape index (κ1) is 12.4. The molecule has 1 aliphatic heterocycles. The monoisotopic (exact) mass is 243 g/mol. The third-order valence-electron chi connectivity index (χ3n) is 3.05. The summed E-state index contributed by atoms with van der Waals surface area (Å²) in [6, 6.07) is 10.2. The highest BCUT2D eigenvalue weighted by Gasteiger charge is 2.18. The van der Waals surface area contributed by atoms with Crippen molar-refractivity contribution in [1.82, 2.24) is 4.90 Å². The molecule has 0 atom stereocenters. The normalized spacial score (nSPS) is 14.9. The van der Waals surface area contributed by atoms with Gasteiger partial charge < -0.3 is 9.64 Å². The van der Waals surface area contributed by atoms with Gasteiger partial charge in [-0.25, -0.2) is 4.79 Å². The number of carbonyl (C=O) groups excluding carboxylic acids is 1. The Morgan fingerprint density at radius 3 is 2.67 bits per heavy atom. The molecule has 0 fully saturated rings. The van der Waals surface area contributed by atoms with Crippen LogP contribution in [0.25, 0.3) is 0 Å². The molecule has 0 saturated carbocycles. The lowest BCUT2D eigenvalue weighted by Crippen LogP contribution is -2.28.